The Morgan fingerprint density at radius 1 is 1.04 bits per heavy atom. The first kappa shape index (κ1) is 21.2. The molecule has 2 amide bonds. The van der Waals surface area contributed by atoms with Crippen molar-refractivity contribution in [2.75, 3.05) is 25.6 Å². The normalized spacial score (nSPS) is 10.4. The number of amides is 2. The van der Waals surface area contributed by atoms with Crippen molar-refractivity contribution in [3.05, 3.63) is 64.6 Å². The lowest BCUT2D eigenvalue weighted by molar-refractivity contribution is -0.143. The molecule has 0 aromatic heterocycles. The third kappa shape index (κ3) is 6.88. The Balaban J connectivity index is 1.73. The molecular weight excluding hydrogens is 428 g/mol. The number of hydrogen-bond donors (Lipinski definition) is 2. The fourth-order valence-corrected chi connectivity index (χ4v) is 2.52. The average molecular weight is 447 g/mol. The van der Waals surface area contributed by atoms with Crippen molar-refractivity contribution in [1.82, 2.24) is 5.32 Å². The van der Waals surface area contributed by atoms with E-state index in [0.29, 0.717) is 17.0 Å². The molecule has 0 saturated carbocycles. The van der Waals surface area contributed by atoms with Crippen molar-refractivity contribution in [2.45, 2.75) is 0 Å². The lowest BCUT2D eigenvalue weighted by Gasteiger charge is -2.08. The van der Waals surface area contributed by atoms with Gasteiger partial charge in [-0.2, -0.15) is 0 Å². The van der Waals surface area contributed by atoms with Gasteiger partial charge in [-0.3, -0.25) is 9.59 Å². The first-order valence-corrected chi connectivity index (χ1v) is 9.08. The quantitative estimate of drug-likeness (QED) is 0.480. The number of carbonyl (C=O) groups is 3. The maximum atomic E-state index is 11.8. The number of halogens is 1. The molecule has 0 saturated heterocycles. The number of ether oxygens (including phenoxy) is 2. The van der Waals surface area contributed by atoms with Crippen LogP contribution in [0.15, 0.2) is 59.1 Å². The predicted molar refractivity (Wildman–Crippen MR) is 109 cm³/mol. The summed E-state index contributed by atoms with van der Waals surface area (Å²) >= 11 is 3.31. The summed E-state index contributed by atoms with van der Waals surface area (Å²) in [5.74, 6) is -1.05. The average Bonchev–Trinajstić information content (AvgIpc) is 2.71. The smallest absolute Gasteiger partial charge is 0.331 e. The van der Waals surface area contributed by atoms with Crippen molar-refractivity contribution in [1.29, 1.82) is 0 Å². The van der Waals surface area contributed by atoms with Crippen LogP contribution in [0, 0.1) is 0 Å². The van der Waals surface area contributed by atoms with Crippen molar-refractivity contribution >= 4 is 45.5 Å². The number of benzene rings is 2. The minimum atomic E-state index is -0.682. The van der Waals surface area contributed by atoms with E-state index >= 15 is 0 Å². The van der Waals surface area contributed by atoms with Crippen LogP contribution in [0.2, 0.25) is 0 Å². The van der Waals surface area contributed by atoms with Gasteiger partial charge in [0.1, 0.15) is 5.75 Å². The van der Waals surface area contributed by atoms with Gasteiger partial charge in [0.25, 0.3) is 5.91 Å². The molecule has 0 atom stereocenters. The standard InChI is InChI=1S/C20H19BrN2O5/c1-27-17-9-5-2-6-14(17)10-11-20(26)28-13-19(25)22-12-18(24)23-16-8-4-3-7-15(16)21/h2-11H,12-13H2,1H3,(H,22,25)(H,23,24)/b11-10+. The van der Waals surface area contributed by atoms with Gasteiger partial charge in [-0.15, -0.1) is 0 Å². The van der Waals surface area contributed by atoms with Gasteiger partial charge in [-0.25, -0.2) is 4.79 Å². The maximum absolute atomic E-state index is 11.8. The topological polar surface area (TPSA) is 93.7 Å². The van der Waals surface area contributed by atoms with Crippen molar-refractivity contribution in [3.63, 3.8) is 0 Å². The van der Waals surface area contributed by atoms with Gasteiger partial charge in [0.2, 0.25) is 5.91 Å². The second-order valence-electron chi connectivity index (χ2n) is 5.49. The zero-order chi connectivity index (χ0) is 20.4. The Kier molecular flexibility index (Phi) is 8.23. The van der Waals surface area contributed by atoms with Gasteiger partial charge in [0.05, 0.1) is 19.3 Å². The van der Waals surface area contributed by atoms with Crippen LogP contribution in [-0.4, -0.2) is 38.0 Å². The molecular formula is C20H19BrN2O5. The third-order valence-electron chi connectivity index (χ3n) is 3.48. The summed E-state index contributed by atoms with van der Waals surface area (Å²) in [6.45, 7) is -0.730. The van der Waals surface area contributed by atoms with E-state index in [0.717, 1.165) is 4.47 Å². The van der Waals surface area contributed by atoms with Gasteiger partial charge in [0, 0.05) is 16.1 Å². The highest BCUT2D eigenvalue weighted by Gasteiger charge is 2.09. The van der Waals surface area contributed by atoms with E-state index in [9.17, 15) is 14.4 Å². The minimum Gasteiger partial charge on any atom is -0.496 e. The van der Waals surface area contributed by atoms with Gasteiger partial charge in [-0.1, -0.05) is 30.3 Å². The van der Waals surface area contributed by atoms with Crippen LogP contribution in [-0.2, 0) is 19.1 Å². The summed E-state index contributed by atoms with van der Waals surface area (Å²) < 4.78 is 10.8. The van der Waals surface area contributed by atoms with E-state index < -0.39 is 24.4 Å². The van der Waals surface area contributed by atoms with E-state index in [1.807, 2.05) is 12.1 Å². The van der Waals surface area contributed by atoms with Crippen molar-refractivity contribution in [3.8, 4) is 5.75 Å². The zero-order valence-electron chi connectivity index (χ0n) is 15.1. The molecule has 2 aromatic carbocycles. The predicted octanol–water partition coefficient (Wildman–Crippen LogP) is 2.77. The molecule has 7 nitrogen and oxygen atoms in total. The summed E-state index contributed by atoms with van der Waals surface area (Å²) in [5, 5.41) is 5.03. The first-order valence-electron chi connectivity index (χ1n) is 8.28. The van der Waals surface area contributed by atoms with E-state index in [1.165, 1.54) is 19.3 Å². The van der Waals surface area contributed by atoms with Crippen LogP contribution in [0.25, 0.3) is 6.08 Å². The van der Waals surface area contributed by atoms with Crippen LogP contribution in [0.1, 0.15) is 5.56 Å². The summed E-state index contributed by atoms with van der Waals surface area (Å²) in [6.07, 6.45) is 2.73. The monoisotopic (exact) mass is 446 g/mol. The molecule has 2 rings (SSSR count). The Morgan fingerprint density at radius 3 is 2.50 bits per heavy atom. The van der Waals surface area contributed by atoms with E-state index in [2.05, 4.69) is 26.6 Å². The largest absolute Gasteiger partial charge is 0.496 e. The number of methoxy groups -OCH3 is 1. The number of carbonyl (C=O) groups excluding carboxylic acids is 3. The number of para-hydroxylation sites is 2. The molecule has 8 heteroatoms. The fourth-order valence-electron chi connectivity index (χ4n) is 2.13. The molecule has 2 N–H and O–H groups in total. The van der Waals surface area contributed by atoms with Crippen LogP contribution in [0.5, 0.6) is 5.75 Å². The second-order valence-corrected chi connectivity index (χ2v) is 6.34. The molecule has 0 spiro atoms. The molecule has 0 heterocycles. The first-order chi connectivity index (χ1) is 13.5. The highest BCUT2D eigenvalue weighted by Crippen LogP contribution is 2.21. The molecule has 0 unspecified atom stereocenters. The fraction of sp³-hybridized carbons (Fsp3) is 0.150. The summed E-state index contributed by atoms with van der Waals surface area (Å²) in [4.78, 5) is 35.3. The summed E-state index contributed by atoms with van der Waals surface area (Å²) in [6, 6.07) is 14.3. The summed E-state index contributed by atoms with van der Waals surface area (Å²) in [7, 11) is 1.53. The Morgan fingerprint density at radius 2 is 1.75 bits per heavy atom. The van der Waals surface area contributed by atoms with Gasteiger partial charge < -0.3 is 20.1 Å². The van der Waals surface area contributed by atoms with Crippen LogP contribution in [0.3, 0.4) is 0 Å². The van der Waals surface area contributed by atoms with Gasteiger partial charge in [-0.05, 0) is 40.2 Å². The van der Waals surface area contributed by atoms with E-state index in [1.54, 1.807) is 36.4 Å². The molecule has 0 bridgehead atoms. The van der Waals surface area contributed by atoms with Gasteiger partial charge in [0.15, 0.2) is 6.61 Å². The zero-order valence-corrected chi connectivity index (χ0v) is 16.7. The lowest BCUT2D eigenvalue weighted by Crippen LogP contribution is -2.35. The van der Waals surface area contributed by atoms with Crippen LogP contribution < -0.4 is 15.4 Å². The van der Waals surface area contributed by atoms with Crippen LogP contribution >= 0.6 is 15.9 Å². The Bertz CT molecular complexity index is 882. The number of nitrogens with one attached hydrogen (secondary N) is 2. The molecule has 146 valence electrons. The summed E-state index contributed by atoms with van der Waals surface area (Å²) in [5.41, 5.74) is 1.30. The van der Waals surface area contributed by atoms with Gasteiger partial charge >= 0.3 is 5.97 Å². The molecule has 0 radical (unpaired) electrons. The molecule has 0 aliphatic heterocycles. The minimum absolute atomic E-state index is 0.241. The molecule has 2 aromatic rings. The Labute approximate surface area is 170 Å². The molecule has 28 heavy (non-hydrogen) atoms. The van der Waals surface area contributed by atoms with Crippen molar-refractivity contribution in [2.24, 2.45) is 0 Å². The van der Waals surface area contributed by atoms with E-state index in [-0.39, 0.29) is 6.54 Å². The SMILES string of the molecule is COc1ccccc1/C=C/C(=O)OCC(=O)NCC(=O)Nc1ccccc1Br. The number of rotatable bonds is 8. The molecule has 0 aliphatic rings. The highest BCUT2D eigenvalue weighted by molar-refractivity contribution is 9.10. The van der Waals surface area contributed by atoms with E-state index in [4.69, 9.17) is 9.47 Å². The second kappa shape index (κ2) is 10.9. The maximum Gasteiger partial charge on any atom is 0.331 e. The molecule has 0 fully saturated rings. The number of esters is 1. The molecule has 0 aliphatic carbocycles. The lowest BCUT2D eigenvalue weighted by atomic mass is 10.2. The highest BCUT2D eigenvalue weighted by atomic mass is 79.9. The Hall–Kier alpha value is -3.13. The van der Waals surface area contributed by atoms with Crippen molar-refractivity contribution < 1.29 is 23.9 Å². The van der Waals surface area contributed by atoms with Crippen LogP contribution in [0.4, 0.5) is 5.69 Å². The third-order valence-corrected chi connectivity index (χ3v) is 4.17. The number of hydrogen-bond acceptors (Lipinski definition) is 5. The number of anilines is 1.